The number of nitrogens with two attached hydrogens (primary N) is 1. The minimum absolute atomic E-state index is 0.00754. The van der Waals surface area contributed by atoms with Crippen LogP contribution < -0.4 is 5.73 Å². The van der Waals surface area contributed by atoms with Gasteiger partial charge in [0.05, 0.1) is 0 Å². The SMILES string of the molecule is CC1=C2CC[C@@H]3[C@H]4CC[C@@H](C=O)[C@]4(C)CC[C@H]3[C@]2(N)CC1. The van der Waals surface area contributed by atoms with Gasteiger partial charge >= 0.3 is 0 Å². The third-order valence-corrected chi connectivity index (χ3v) is 8.05. The molecule has 6 atom stereocenters. The molecule has 3 fully saturated rings. The van der Waals surface area contributed by atoms with Crippen molar-refractivity contribution in [2.75, 3.05) is 0 Å². The molecular weight excluding hydrogens is 258 g/mol. The van der Waals surface area contributed by atoms with Crippen molar-refractivity contribution in [1.29, 1.82) is 0 Å². The second kappa shape index (κ2) is 4.44. The second-order valence-corrected chi connectivity index (χ2v) is 8.58. The molecule has 116 valence electrons. The fourth-order valence-electron chi connectivity index (χ4n) is 6.85. The second-order valence-electron chi connectivity index (χ2n) is 8.58. The maximum absolute atomic E-state index is 11.5. The molecule has 0 aromatic rings. The molecule has 3 saturated carbocycles. The van der Waals surface area contributed by atoms with E-state index in [4.69, 9.17) is 5.73 Å². The standard InChI is InChI=1S/C19H29NO/c1-12-7-10-19(20)15(12)6-4-14-16-5-3-13(11-21)18(16,2)9-8-17(14)19/h11,13-14,16-17H,3-10,20H2,1-2H3/t13-,14+,16+,17+,18-,19-/m0/s1. The minimum atomic E-state index is 0.00754. The monoisotopic (exact) mass is 287 g/mol. The normalized spacial score (nSPS) is 52.3. The molecule has 0 aromatic carbocycles. The van der Waals surface area contributed by atoms with Gasteiger partial charge in [-0.1, -0.05) is 18.1 Å². The van der Waals surface area contributed by atoms with Crippen molar-refractivity contribution in [3.63, 3.8) is 0 Å². The van der Waals surface area contributed by atoms with Crippen LogP contribution >= 0.6 is 0 Å². The molecule has 4 rings (SSSR count). The number of allylic oxidation sites excluding steroid dienone is 1. The van der Waals surface area contributed by atoms with Gasteiger partial charge in [0, 0.05) is 11.5 Å². The van der Waals surface area contributed by atoms with Gasteiger partial charge in [0.25, 0.3) is 0 Å². The van der Waals surface area contributed by atoms with Crippen LogP contribution in [0.15, 0.2) is 11.1 Å². The van der Waals surface area contributed by atoms with E-state index < -0.39 is 0 Å². The van der Waals surface area contributed by atoms with Crippen LogP contribution in [0.3, 0.4) is 0 Å². The van der Waals surface area contributed by atoms with Crippen LogP contribution in [0.25, 0.3) is 0 Å². The Labute approximate surface area is 128 Å². The molecule has 0 aromatic heterocycles. The van der Waals surface area contributed by atoms with Crippen LogP contribution in [0.5, 0.6) is 0 Å². The van der Waals surface area contributed by atoms with Gasteiger partial charge in [-0.05, 0) is 81.5 Å². The van der Waals surface area contributed by atoms with Gasteiger partial charge in [0.1, 0.15) is 6.29 Å². The lowest BCUT2D eigenvalue weighted by atomic mass is 9.50. The van der Waals surface area contributed by atoms with Crippen LogP contribution in [0, 0.1) is 29.1 Å². The zero-order valence-electron chi connectivity index (χ0n) is 13.5. The summed E-state index contributed by atoms with van der Waals surface area (Å²) in [6, 6.07) is 0. The first-order chi connectivity index (χ1) is 10.0. The van der Waals surface area contributed by atoms with Crippen molar-refractivity contribution in [3.8, 4) is 0 Å². The van der Waals surface area contributed by atoms with Crippen molar-refractivity contribution in [3.05, 3.63) is 11.1 Å². The highest BCUT2D eigenvalue weighted by molar-refractivity contribution is 5.56. The molecule has 4 aliphatic rings. The third-order valence-electron chi connectivity index (χ3n) is 8.05. The Morgan fingerprint density at radius 2 is 1.90 bits per heavy atom. The highest BCUT2D eigenvalue weighted by Gasteiger charge is 2.59. The smallest absolute Gasteiger partial charge is 0.123 e. The number of fused-ring (bicyclic) bond motifs is 5. The summed E-state index contributed by atoms with van der Waals surface area (Å²) in [7, 11) is 0. The van der Waals surface area contributed by atoms with E-state index in [-0.39, 0.29) is 11.0 Å². The number of carbonyl (C=O) groups is 1. The quantitative estimate of drug-likeness (QED) is 0.588. The summed E-state index contributed by atoms with van der Waals surface area (Å²) in [4.78, 5) is 11.5. The summed E-state index contributed by atoms with van der Waals surface area (Å²) in [5.74, 6) is 2.50. The van der Waals surface area contributed by atoms with Crippen LogP contribution in [0.2, 0.25) is 0 Å². The third kappa shape index (κ3) is 1.66. The molecule has 0 unspecified atom stereocenters. The van der Waals surface area contributed by atoms with Crippen molar-refractivity contribution in [2.24, 2.45) is 34.8 Å². The lowest BCUT2D eigenvalue weighted by Crippen LogP contribution is -2.57. The molecule has 2 N–H and O–H groups in total. The fraction of sp³-hybridized carbons (Fsp3) is 0.842. The van der Waals surface area contributed by atoms with Crippen molar-refractivity contribution < 1.29 is 4.79 Å². The van der Waals surface area contributed by atoms with E-state index in [1.54, 1.807) is 11.1 Å². The van der Waals surface area contributed by atoms with Gasteiger partial charge in [-0.15, -0.1) is 0 Å². The zero-order chi connectivity index (χ0) is 14.8. The van der Waals surface area contributed by atoms with Gasteiger partial charge in [0.2, 0.25) is 0 Å². The summed E-state index contributed by atoms with van der Waals surface area (Å²) in [5, 5.41) is 0. The van der Waals surface area contributed by atoms with E-state index in [2.05, 4.69) is 13.8 Å². The highest BCUT2D eigenvalue weighted by atomic mass is 16.1. The van der Waals surface area contributed by atoms with Crippen LogP contribution in [0.1, 0.15) is 65.2 Å². The largest absolute Gasteiger partial charge is 0.321 e. The molecular formula is C19H29NO. The van der Waals surface area contributed by atoms with Gasteiger partial charge < -0.3 is 10.5 Å². The van der Waals surface area contributed by atoms with Crippen LogP contribution in [-0.4, -0.2) is 11.8 Å². The Kier molecular flexibility index (Phi) is 2.96. The first-order valence-electron chi connectivity index (χ1n) is 8.94. The maximum atomic E-state index is 11.5. The van der Waals surface area contributed by atoms with Crippen molar-refractivity contribution in [1.82, 2.24) is 0 Å². The van der Waals surface area contributed by atoms with E-state index in [0.29, 0.717) is 11.8 Å². The van der Waals surface area contributed by atoms with Gasteiger partial charge in [-0.25, -0.2) is 0 Å². The van der Waals surface area contributed by atoms with Crippen molar-refractivity contribution in [2.45, 2.75) is 70.8 Å². The molecule has 4 aliphatic carbocycles. The summed E-state index contributed by atoms with van der Waals surface area (Å²) in [5.41, 5.74) is 10.4. The Morgan fingerprint density at radius 1 is 1.10 bits per heavy atom. The lowest BCUT2D eigenvalue weighted by molar-refractivity contribution is -0.116. The number of rotatable bonds is 1. The number of hydrogen-bond acceptors (Lipinski definition) is 2. The fourth-order valence-corrected chi connectivity index (χ4v) is 6.85. The molecule has 2 heteroatoms. The first kappa shape index (κ1) is 14.0. The minimum Gasteiger partial charge on any atom is -0.321 e. The topological polar surface area (TPSA) is 43.1 Å². The van der Waals surface area contributed by atoms with Crippen LogP contribution in [0.4, 0.5) is 0 Å². The van der Waals surface area contributed by atoms with Gasteiger partial charge in [-0.3, -0.25) is 0 Å². The summed E-state index contributed by atoms with van der Waals surface area (Å²) in [6.45, 7) is 4.70. The summed E-state index contributed by atoms with van der Waals surface area (Å²) >= 11 is 0. The Morgan fingerprint density at radius 3 is 2.67 bits per heavy atom. The van der Waals surface area contributed by atoms with E-state index in [1.807, 2.05) is 0 Å². The Bertz CT molecular complexity index is 510. The highest BCUT2D eigenvalue weighted by Crippen LogP contribution is 2.64. The average Bonchev–Trinajstić information content (AvgIpc) is 2.96. The lowest BCUT2D eigenvalue weighted by Gasteiger charge is -2.56. The predicted octanol–water partition coefficient (Wildman–Crippen LogP) is 3.85. The molecule has 0 bridgehead atoms. The summed E-state index contributed by atoms with van der Waals surface area (Å²) < 4.78 is 0. The molecule has 0 aliphatic heterocycles. The Balaban J connectivity index is 1.69. The van der Waals surface area contributed by atoms with E-state index in [0.717, 1.165) is 18.3 Å². The number of aldehydes is 1. The molecule has 0 spiro atoms. The number of carbonyl (C=O) groups excluding carboxylic acids is 1. The molecule has 0 saturated heterocycles. The molecule has 0 heterocycles. The summed E-state index contributed by atoms with van der Waals surface area (Å²) in [6.07, 6.45) is 11.0. The molecule has 2 nitrogen and oxygen atoms in total. The predicted molar refractivity (Wildman–Crippen MR) is 84.7 cm³/mol. The maximum Gasteiger partial charge on any atom is 0.123 e. The van der Waals surface area contributed by atoms with Crippen LogP contribution in [-0.2, 0) is 4.79 Å². The van der Waals surface area contributed by atoms with Crippen molar-refractivity contribution >= 4 is 6.29 Å². The zero-order valence-corrected chi connectivity index (χ0v) is 13.5. The molecule has 0 radical (unpaired) electrons. The average molecular weight is 287 g/mol. The van der Waals surface area contributed by atoms with E-state index >= 15 is 0 Å². The van der Waals surface area contributed by atoms with E-state index in [9.17, 15) is 4.79 Å². The molecule has 21 heavy (non-hydrogen) atoms. The Hall–Kier alpha value is -0.630. The first-order valence-corrected chi connectivity index (χ1v) is 8.94. The van der Waals surface area contributed by atoms with Gasteiger partial charge in [0.15, 0.2) is 0 Å². The molecule has 0 amide bonds. The number of hydrogen-bond donors (Lipinski definition) is 1. The van der Waals surface area contributed by atoms with E-state index in [1.165, 1.54) is 51.2 Å². The van der Waals surface area contributed by atoms with Gasteiger partial charge in [-0.2, -0.15) is 0 Å².